The van der Waals surface area contributed by atoms with Crippen molar-refractivity contribution < 1.29 is 33.1 Å². The minimum Gasteiger partial charge on any atom is -0.484 e. The number of esters is 1. The molecule has 11 nitrogen and oxygen atoms in total. The van der Waals surface area contributed by atoms with Crippen LogP contribution in [-0.2, 0) is 20.9 Å². The first-order valence-corrected chi connectivity index (χ1v) is 13.5. The summed E-state index contributed by atoms with van der Waals surface area (Å²) in [5.74, 6) is -0.714. The van der Waals surface area contributed by atoms with Crippen molar-refractivity contribution in [2.45, 2.75) is 20.4 Å². The number of imide groups is 1. The van der Waals surface area contributed by atoms with Crippen LogP contribution in [0.2, 0.25) is 5.02 Å². The molecule has 4 aromatic rings. The standard InChI is InChI=1S/C31H27ClN4O7/c1-18-14-20(15-26-29(38)35(31(40)34-26)16-25-12-13-27(43-25)30(39)41-3)19(2)36(18)23-8-10-24(11-9-23)42-17-28(37)33-22-6-4-21(32)5-7-22/h4-15H,16-17H2,1-3H3,(H,33,37)(H,34,40)/b26-15-. The minimum atomic E-state index is -0.654. The summed E-state index contributed by atoms with van der Waals surface area (Å²) >= 11 is 5.87. The van der Waals surface area contributed by atoms with Gasteiger partial charge < -0.3 is 29.1 Å². The molecule has 43 heavy (non-hydrogen) atoms. The summed E-state index contributed by atoms with van der Waals surface area (Å²) in [6.07, 6.45) is 1.62. The number of amides is 4. The van der Waals surface area contributed by atoms with Crippen LogP contribution in [0.1, 0.15) is 33.3 Å². The third-order valence-corrected chi connectivity index (χ3v) is 6.94. The third kappa shape index (κ3) is 6.47. The number of methoxy groups -OCH3 is 1. The summed E-state index contributed by atoms with van der Waals surface area (Å²) in [5, 5.41) is 5.93. The maximum Gasteiger partial charge on any atom is 0.373 e. The molecule has 0 atom stereocenters. The van der Waals surface area contributed by atoms with E-state index in [4.69, 9.17) is 20.8 Å². The van der Waals surface area contributed by atoms with Gasteiger partial charge in [-0.1, -0.05) is 11.6 Å². The predicted octanol–water partition coefficient (Wildman–Crippen LogP) is 5.24. The largest absolute Gasteiger partial charge is 0.484 e. The first kappa shape index (κ1) is 29.2. The number of hydrogen-bond donors (Lipinski definition) is 2. The van der Waals surface area contributed by atoms with Gasteiger partial charge in [0.1, 0.15) is 17.2 Å². The van der Waals surface area contributed by atoms with Gasteiger partial charge in [-0.3, -0.25) is 14.5 Å². The Labute approximate surface area is 251 Å². The Morgan fingerprint density at radius 3 is 2.44 bits per heavy atom. The minimum absolute atomic E-state index is 0.0213. The van der Waals surface area contributed by atoms with Gasteiger partial charge in [0, 0.05) is 27.8 Å². The number of anilines is 1. The van der Waals surface area contributed by atoms with E-state index >= 15 is 0 Å². The zero-order chi connectivity index (χ0) is 30.7. The van der Waals surface area contributed by atoms with Crippen molar-refractivity contribution in [3.63, 3.8) is 0 Å². The van der Waals surface area contributed by atoms with Crippen molar-refractivity contribution in [1.82, 2.24) is 14.8 Å². The van der Waals surface area contributed by atoms with Crippen LogP contribution >= 0.6 is 11.6 Å². The number of hydrogen-bond acceptors (Lipinski definition) is 7. The van der Waals surface area contributed by atoms with E-state index in [0.29, 0.717) is 16.5 Å². The molecule has 4 amide bonds. The monoisotopic (exact) mass is 602 g/mol. The molecule has 0 bridgehead atoms. The van der Waals surface area contributed by atoms with Crippen LogP contribution in [0.5, 0.6) is 5.75 Å². The molecule has 2 N–H and O–H groups in total. The lowest BCUT2D eigenvalue weighted by Gasteiger charge is -2.12. The van der Waals surface area contributed by atoms with E-state index in [2.05, 4.69) is 15.4 Å². The van der Waals surface area contributed by atoms with Crippen LogP contribution in [0, 0.1) is 13.8 Å². The van der Waals surface area contributed by atoms with Crippen molar-refractivity contribution in [2.24, 2.45) is 0 Å². The van der Waals surface area contributed by atoms with E-state index in [1.807, 2.05) is 36.6 Å². The molecule has 1 aliphatic rings. The maximum atomic E-state index is 13.0. The van der Waals surface area contributed by atoms with Crippen molar-refractivity contribution in [2.75, 3.05) is 19.0 Å². The zero-order valence-electron chi connectivity index (χ0n) is 23.5. The number of furan rings is 1. The molecule has 220 valence electrons. The average molecular weight is 603 g/mol. The van der Waals surface area contributed by atoms with Crippen LogP contribution in [-0.4, -0.2) is 47.0 Å². The van der Waals surface area contributed by atoms with E-state index in [9.17, 15) is 19.2 Å². The lowest BCUT2D eigenvalue weighted by molar-refractivity contribution is -0.123. The second-order valence-electron chi connectivity index (χ2n) is 9.64. The Kier molecular flexibility index (Phi) is 8.35. The third-order valence-electron chi connectivity index (χ3n) is 6.69. The Morgan fingerprint density at radius 1 is 1.02 bits per heavy atom. The molecule has 0 spiro atoms. The number of benzene rings is 2. The lowest BCUT2D eigenvalue weighted by atomic mass is 10.2. The fraction of sp³-hybridized carbons (Fsp3) is 0.161. The number of aromatic nitrogens is 1. The summed E-state index contributed by atoms with van der Waals surface area (Å²) in [6.45, 7) is 3.53. The molecule has 0 unspecified atom stereocenters. The van der Waals surface area contributed by atoms with Gasteiger partial charge in [0.2, 0.25) is 5.76 Å². The fourth-order valence-electron chi connectivity index (χ4n) is 4.60. The Morgan fingerprint density at radius 2 is 1.74 bits per heavy atom. The molecule has 1 aliphatic heterocycles. The van der Waals surface area contributed by atoms with E-state index in [1.54, 1.807) is 42.5 Å². The quantitative estimate of drug-likeness (QED) is 0.152. The van der Waals surface area contributed by atoms with Crippen molar-refractivity contribution in [3.05, 3.63) is 106 Å². The van der Waals surface area contributed by atoms with Gasteiger partial charge >= 0.3 is 12.0 Å². The van der Waals surface area contributed by atoms with Crippen LogP contribution in [0.4, 0.5) is 10.5 Å². The van der Waals surface area contributed by atoms with Gasteiger partial charge in [0.15, 0.2) is 6.61 Å². The van der Waals surface area contributed by atoms with Crippen LogP contribution in [0.15, 0.2) is 76.8 Å². The van der Waals surface area contributed by atoms with Gasteiger partial charge in [0.05, 0.1) is 13.7 Å². The zero-order valence-corrected chi connectivity index (χ0v) is 24.2. The van der Waals surface area contributed by atoms with Crippen molar-refractivity contribution >= 4 is 47.2 Å². The predicted molar refractivity (Wildman–Crippen MR) is 158 cm³/mol. The van der Waals surface area contributed by atoms with Gasteiger partial charge in [0.25, 0.3) is 11.8 Å². The molecule has 5 rings (SSSR count). The van der Waals surface area contributed by atoms with Crippen LogP contribution in [0.3, 0.4) is 0 Å². The Balaban J connectivity index is 1.24. The number of halogens is 1. The SMILES string of the molecule is COC(=O)c1ccc(CN2C(=O)N/C(=C\c3cc(C)n(-c4ccc(OCC(=O)Nc5ccc(Cl)cc5)cc4)c3C)C2=O)o1. The lowest BCUT2D eigenvalue weighted by Crippen LogP contribution is -2.30. The first-order valence-electron chi connectivity index (χ1n) is 13.1. The number of carbonyl (C=O) groups is 4. The molecule has 0 saturated carbocycles. The molecular weight excluding hydrogens is 576 g/mol. The molecule has 1 saturated heterocycles. The van der Waals surface area contributed by atoms with Gasteiger partial charge in [-0.05, 0) is 92.2 Å². The van der Waals surface area contributed by atoms with E-state index in [0.717, 1.165) is 27.5 Å². The molecule has 12 heteroatoms. The number of ether oxygens (including phenoxy) is 2. The highest BCUT2D eigenvalue weighted by atomic mass is 35.5. The van der Waals surface area contributed by atoms with E-state index < -0.39 is 17.9 Å². The molecule has 0 aliphatic carbocycles. The van der Waals surface area contributed by atoms with Gasteiger partial charge in [-0.2, -0.15) is 0 Å². The molecule has 0 radical (unpaired) electrons. The van der Waals surface area contributed by atoms with Crippen molar-refractivity contribution in [1.29, 1.82) is 0 Å². The summed E-state index contributed by atoms with van der Waals surface area (Å²) < 4.78 is 17.6. The van der Waals surface area contributed by atoms with E-state index in [1.165, 1.54) is 19.2 Å². The maximum absolute atomic E-state index is 13.0. The smallest absolute Gasteiger partial charge is 0.373 e. The first-order chi connectivity index (χ1) is 20.6. The number of carbonyl (C=O) groups excluding carboxylic acids is 4. The number of nitrogens with zero attached hydrogens (tertiary/aromatic N) is 2. The van der Waals surface area contributed by atoms with E-state index in [-0.39, 0.29) is 36.3 Å². The number of rotatable bonds is 9. The highest BCUT2D eigenvalue weighted by Crippen LogP contribution is 2.26. The highest BCUT2D eigenvalue weighted by Gasteiger charge is 2.34. The average Bonchev–Trinajstić information content (AvgIpc) is 3.65. The number of nitrogens with one attached hydrogen (secondary N) is 2. The summed E-state index contributed by atoms with van der Waals surface area (Å²) in [4.78, 5) is 50.5. The van der Waals surface area contributed by atoms with Crippen LogP contribution < -0.4 is 15.4 Å². The van der Waals surface area contributed by atoms with Crippen molar-refractivity contribution in [3.8, 4) is 11.4 Å². The molecule has 3 heterocycles. The number of urea groups is 1. The molecule has 1 fully saturated rings. The van der Waals surface area contributed by atoms with Gasteiger partial charge in [-0.15, -0.1) is 0 Å². The van der Waals surface area contributed by atoms with Gasteiger partial charge in [-0.25, -0.2) is 9.59 Å². The second-order valence-corrected chi connectivity index (χ2v) is 10.1. The molecular formula is C31H27ClN4O7. The normalized spacial score (nSPS) is 13.8. The molecule has 2 aromatic heterocycles. The number of aryl methyl sites for hydroxylation is 1. The fourth-order valence-corrected chi connectivity index (χ4v) is 4.73. The highest BCUT2D eigenvalue weighted by molar-refractivity contribution is 6.30. The van der Waals surface area contributed by atoms with Crippen LogP contribution in [0.25, 0.3) is 11.8 Å². The Bertz CT molecular complexity index is 1740. The second kappa shape index (κ2) is 12.3. The summed E-state index contributed by atoms with van der Waals surface area (Å²) in [7, 11) is 1.23. The molecule has 2 aromatic carbocycles. The Hall–Kier alpha value is -5.29. The summed E-state index contributed by atoms with van der Waals surface area (Å²) in [5.41, 5.74) is 4.07. The summed E-state index contributed by atoms with van der Waals surface area (Å²) in [6, 6.07) is 18.3. The topological polar surface area (TPSA) is 132 Å².